The molecule has 1 saturated heterocycles. The summed E-state index contributed by atoms with van der Waals surface area (Å²) in [7, 11) is -3.70. The highest BCUT2D eigenvalue weighted by molar-refractivity contribution is 7.89. The fourth-order valence-electron chi connectivity index (χ4n) is 3.85. The summed E-state index contributed by atoms with van der Waals surface area (Å²) >= 11 is 0. The van der Waals surface area contributed by atoms with Gasteiger partial charge in [0, 0.05) is 25.2 Å². The van der Waals surface area contributed by atoms with Gasteiger partial charge in [0.05, 0.1) is 4.90 Å². The van der Waals surface area contributed by atoms with Crippen LogP contribution in [0.5, 0.6) is 0 Å². The molecule has 4 rings (SSSR count). The van der Waals surface area contributed by atoms with Crippen molar-refractivity contribution in [1.29, 1.82) is 0 Å². The number of piperidine rings is 1. The van der Waals surface area contributed by atoms with Crippen molar-refractivity contribution in [3.63, 3.8) is 0 Å². The molecule has 1 saturated carbocycles. The van der Waals surface area contributed by atoms with Gasteiger partial charge in [-0.1, -0.05) is 30.3 Å². The number of nitrogens with one attached hydrogen (secondary N) is 2. The Balaban J connectivity index is 1.41. The Labute approximate surface area is 176 Å². The van der Waals surface area contributed by atoms with Crippen molar-refractivity contribution in [2.24, 2.45) is 0 Å². The van der Waals surface area contributed by atoms with Gasteiger partial charge in [-0.25, -0.2) is 17.5 Å². The summed E-state index contributed by atoms with van der Waals surface area (Å²) in [5.41, 5.74) is 0.945. The Morgan fingerprint density at radius 2 is 1.57 bits per heavy atom. The molecule has 1 atom stereocenters. The summed E-state index contributed by atoms with van der Waals surface area (Å²) in [5.74, 6) is -0.465. The Kier molecular flexibility index (Phi) is 6.17. The van der Waals surface area contributed by atoms with Crippen LogP contribution in [0.4, 0.5) is 4.39 Å². The fraction of sp³-hybridized carbons (Fsp3) is 0.409. The number of carbonyl (C=O) groups is 1. The molecular weight excluding hydrogens is 405 g/mol. The van der Waals surface area contributed by atoms with E-state index in [9.17, 15) is 17.6 Å². The third-order valence-electron chi connectivity index (χ3n) is 5.63. The number of carbonyl (C=O) groups excluding carboxylic acids is 1. The molecule has 30 heavy (non-hydrogen) atoms. The molecule has 8 heteroatoms. The van der Waals surface area contributed by atoms with Crippen molar-refractivity contribution < 1.29 is 17.6 Å². The van der Waals surface area contributed by atoms with Gasteiger partial charge >= 0.3 is 0 Å². The minimum absolute atomic E-state index is 0.00837. The predicted molar refractivity (Wildman–Crippen MR) is 112 cm³/mol. The first kappa shape index (κ1) is 21.0. The number of amides is 1. The number of nitrogens with zero attached hydrogens (tertiary/aromatic N) is 1. The number of halogens is 1. The van der Waals surface area contributed by atoms with Crippen molar-refractivity contribution >= 4 is 15.9 Å². The summed E-state index contributed by atoms with van der Waals surface area (Å²) in [4.78, 5) is 15.1. The van der Waals surface area contributed by atoms with Gasteiger partial charge in [0.15, 0.2) is 0 Å². The lowest BCUT2D eigenvalue weighted by Gasteiger charge is -2.37. The van der Waals surface area contributed by atoms with Crippen molar-refractivity contribution in [2.75, 3.05) is 13.1 Å². The first-order chi connectivity index (χ1) is 14.4. The second-order valence-electron chi connectivity index (χ2n) is 7.98. The number of benzene rings is 2. The molecule has 160 valence electrons. The zero-order valence-electron chi connectivity index (χ0n) is 16.6. The molecule has 0 aromatic heterocycles. The summed E-state index contributed by atoms with van der Waals surface area (Å²) in [6.45, 7) is 1.21. The lowest BCUT2D eigenvalue weighted by atomic mass is 9.99. The predicted octanol–water partition coefficient (Wildman–Crippen LogP) is 2.59. The molecule has 2 aliphatic rings. The number of hydrogen-bond acceptors (Lipinski definition) is 4. The van der Waals surface area contributed by atoms with E-state index in [1.54, 1.807) is 0 Å². The molecule has 1 amide bonds. The Hall–Kier alpha value is -2.29. The van der Waals surface area contributed by atoms with Crippen molar-refractivity contribution in [3.8, 4) is 0 Å². The molecule has 1 heterocycles. The van der Waals surface area contributed by atoms with Gasteiger partial charge in [-0.05, 0) is 55.5 Å². The van der Waals surface area contributed by atoms with Gasteiger partial charge < -0.3 is 5.32 Å². The fourth-order valence-corrected chi connectivity index (χ4v) is 5.15. The van der Waals surface area contributed by atoms with Gasteiger partial charge in [0.25, 0.3) is 0 Å². The van der Waals surface area contributed by atoms with E-state index in [1.807, 2.05) is 30.3 Å². The van der Waals surface area contributed by atoms with Crippen molar-refractivity contribution in [3.05, 3.63) is 66.0 Å². The summed E-state index contributed by atoms with van der Waals surface area (Å²) < 4.78 is 41.0. The summed E-state index contributed by atoms with van der Waals surface area (Å²) in [6, 6.07) is 14.2. The van der Waals surface area contributed by atoms with Crippen LogP contribution in [0.3, 0.4) is 0 Å². The smallest absolute Gasteiger partial charge is 0.242 e. The molecule has 2 aromatic rings. The van der Waals surface area contributed by atoms with Crippen LogP contribution in [0, 0.1) is 5.82 Å². The summed E-state index contributed by atoms with van der Waals surface area (Å²) in [6.07, 6.45) is 3.25. The molecule has 2 aromatic carbocycles. The molecule has 2 N–H and O–H groups in total. The van der Waals surface area contributed by atoms with Gasteiger partial charge in [-0.15, -0.1) is 0 Å². The maximum absolute atomic E-state index is 13.1. The average molecular weight is 432 g/mol. The van der Waals surface area contributed by atoms with E-state index in [1.165, 1.54) is 12.1 Å². The second-order valence-corrected chi connectivity index (χ2v) is 9.70. The quantitative estimate of drug-likeness (QED) is 0.706. The third-order valence-corrected chi connectivity index (χ3v) is 7.16. The Morgan fingerprint density at radius 3 is 2.17 bits per heavy atom. The first-order valence-electron chi connectivity index (χ1n) is 10.3. The van der Waals surface area contributed by atoms with E-state index in [4.69, 9.17) is 0 Å². The van der Waals surface area contributed by atoms with Crippen LogP contribution in [0.2, 0.25) is 0 Å². The van der Waals surface area contributed by atoms with Gasteiger partial charge in [0.2, 0.25) is 15.9 Å². The largest absolute Gasteiger partial charge is 0.352 e. The molecule has 6 nitrogen and oxygen atoms in total. The molecule has 0 spiro atoms. The maximum atomic E-state index is 13.1. The topological polar surface area (TPSA) is 78.5 Å². The zero-order valence-corrected chi connectivity index (χ0v) is 17.4. The van der Waals surface area contributed by atoms with E-state index in [0.29, 0.717) is 25.9 Å². The van der Waals surface area contributed by atoms with Crippen LogP contribution in [0.25, 0.3) is 0 Å². The van der Waals surface area contributed by atoms with Crippen molar-refractivity contribution in [2.45, 2.75) is 48.7 Å². The van der Waals surface area contributed by atoms with Crippen LogP contribution >= 0.6 is 0 Å². The van der Waals surface area contributed by atoms with Crippen LogP contribution in [0.15, 0.2) is 59.5 Å². The minimum atomic E-state index is -3.70. The monoisotopic (exact) mass is 431 g/mol. The number of sulfonamides is 1. The number of hydrogen-bond donors (Lipinski definition) is 2. The molecule has 1 unspecified atom stereocenters. The number of rotatable bonds is 7. The highest BCUT2D eigenvalue weighted by Gasteiger charge is 2.34. The normalized spacial score (nSPS) is 19.4. The second kappa shape index (κ2) is 8.83. The molecule has 0 radical (unpaired) electrons. The van der Waals surface area contributed by atoms with E-state index in [-0.39, 0.29) is 28.9 Å². The third kappa shape index (κ3) is 5.06. The lowest BCUT2D eigenvalue weighted by molar-refractivity contribution is -0.127. The van der Waals surface area contributed by atoms with Gasteiger partial charge in [-0.2, -0.15) is 0 Å². The van der Waals surface area contributed by atoms with Crippen LogP contribution in [-0.4, -0.2) is 44.4 Å². The highest BCUT2D eigenvalue weighted by atomic mass is 32.2. The number of likely N-dealkylation sites (tertiary alicyclic amines) is 1. The van der Waals surface area contributed by atoms with E-state index in [0.717, 1.165) is 30.5 Å². The van der Waals surface area contributed by atoms with Crippen LogP contribution < -0.4 is 10.0 Å². The van der Waals surface area contributed by atoms with Crippen LogP contribution in [-0.2, 0) is 14.8 Å². The van der Waals surface area contributed by atoms with E-state index >= 15 is 0 Å². The van der Waals surface area contributed by atoms with E-state index in [2.05, 4.69) is 14.9 Å². The molecule has 0 bridgehead atoms. The first-order valence-corrected chi connectivity index (χ1v) is 11.8. The maximum Gasteiger partial charge on any atom is 0.242 e. The molecule has 2 fully saturated rings. The van der Waals surface area contributed by atoms with Gasteiger partial charge in [-0.3, -0.25) is 9.69 Å². The minimum Gasteiger partial charge on any atom is -0.352 e. The standard InChI is InChI=1S/C22H26FN3O3S/c23-17-6-10-20(11-7-17)30(28,29)25-19-12-14-26(15-13-19)21(16-4-2-1-3-5-16)22(27)24-18-8-9-18/h1-7,10-11,18-19,21,25H,8-9,12-15H2,(H,24,27). The zero-order chi connectivity index (χ0) is 21.1. The van der Waals surface area contributed by atoms with Gasteiger partial charge in [0.1, 0.15) is 11.9 Å². The van der Waals surface area contributed by atoms with E-state index < -0.39 is 15.8 Å². The average Bonchev–Trinajstić information content (AvgIpc) is 3.54. The molecular formula is C22H26FN3O3S. The summed E-state index contributed by atoms with van der Waals surface area (Å²) in [5, 5.41) is 3.10. The lowest BCUT2D eigenvalue weighted by Crippen LogP contribution is -2.49. The van der Waals surface area contributed by atoms with Crippen molar-refractivity contribution in [1.82, 2.24) is 14.9 Å². The molecule has 1 aliphatic carbocycles. The Morgan fingerprint density at radius 1 is 0.933 bits per heavy atom. The Bertz CT molecular complexity index is 970. The SMILES string of the molecule is O=C(NC1CC1)C(c1ccccc1)N1CCC(NS(=O)(=O)c2ccc(F)cc2)CC1. The van der Waals surface area contributed by atoms with Crippen LogP contribution in [0.1, 0.15) is 37.3 Å². The highest BCUT2D eigenvalue weighted by Crippen LogP contribution is 2.28. The molecule has 1 aliphatic heterocycles.